The van der Waals surface area contributed by atoms with E-state index in [9.17, 15) is 9.59 Å². The van der Waals surface area contributed by atoms with E-state index in [1.165, 1.54) is 18.2 Å². The minimum atomic E-state index is -1.17. The number of fused-ring (bicyclic) bond motifs is 2. The molecule has 0 bridgehead atoms. The molecule has 0 saturated heterocycles. The number of hydrogen-bond donors (Lipinski definition) is 4. The normalized spacial score (nSPS) is 14.4. The number of nitrogens with one attached hydrogen (secondary N) is 2. The topological polar surface area (TPSA) is 143 Å². The third-order valence-corrected chi connectivity index (χ3v) is 6.59. The van der Waals surface area contributed by atoms with Crippen LogP contribution in [0.15, 0.2) is 83.7 Å². The summed E-state index contributed by atoms with van der Waals surface area (Å²) in [4.78, 5) is 31.4. The van der Waals surface area contributed by atoms with Crippen molar-refractivity contribution in [2.45, 2.75) is 12.5 Å². The second-order valence-corrected chi connectivity index (χ2v) is 9.32. The van der Waals surface area contributed by atoms with Gasteiger partial charge in [0.2, 0.25) is 5.76 Å². The zero-order valence-corrected chi connectivity index (χ0v) is 20.7. The molecule has 194 valence electrons. The van der Waals surface area contributed by atoms with Crippen LogP contribution in [0.5, 0.6) is 5.75 Å². The van der Waals surface area contributed by atoms with Crippen LogP contribution in [-0.2, 0) is 11.2 Å². The Balaban J connectivity index is 1.18. The summed E-state index contributed by atoms with van der Waals surface area (Å²) < 4.78 is 11.3. The second kappa shape index (κ2) is 9.96. The van der Waals surface area contributed by atoms with Gasteiger partial charge in [0.25, 0.3) is 5.91 Å². The quantitative estimate of drug-likeness (QED) is 0.212. The van der Waals surface area contributed by atoms with E-state index in [0.29, 0.717) is 35.6 Å². The predicted octanol–water partition coefficient (Wildman–Crippen LogP) is 4.96. The summed E-state index contributed by atoms with van der Waals surface area (Å²) >= 11 is 0. The van der Waals surface area contributed by atoms with E-state index >= 15 is 0 Å². The maximum atomic E-state index is 12.6. The maximum absolute atomic E-state index is 12.6. The number of aromatic carboxylic acids is 1. The molecule has 5 aromatic rings. The fraction of sp³-hybridized carbons (Fsp3) is 0.100. The number of pyridine rings is 1. The van der Waals surface area contributed by atoms with Gasteiger partial charge in [-0.1, -0.05) is 24.3 Å². The Hall–Kier alpha value is -5.15. The summed E-state index contributed by atoms with van der Waals surface area (Å²) in [5, 5.41) is 13.1. The lowest BCUT2D eigenvalue weighted by molar-refractivity contribution is -0.110. The molecule has 1 atom stereocenters. The van der Waals surface area contributed by atoms with Crippen LogP contribution in [0, 0.1) is 0 Å². The van der Waals surface area contributed by atoms with Crippen LogP contribution >= 0.6 is 0 Å². The molecule has 1 amide bonds. The molecule has 1 aliphatic heterocycles. The van der Waals surface area contributed by atoms with Crippen molar-refractivity contribution in [1.29, 1.82) is 0 Å². The molecular weight excluding hydrogens is 496 g/mol. The number of carbonyl (C=O) groups is 2. The van der Waals surface area contributed by atoms with Gasteiger partial charge >= 0.3 is 5.97 Å². The Morgan fingerprint density at radius 1 is 1.10 bits per heavy atom. The van der Waals surface area contributed by atoms with Gasteiger partial charge in [0.1, 0.15) is 18.1 Å². The fourth-order valence-corrected chi connectivity index (χ4v) is 4.70. The number of carboxylic acids is 1. The number of carboxylic acid groups (broad SMARTS) is 1. The number of amides is 1. The van der Waals surface area contributed by atoms with Gasteiger partial charge in [0, 0.05) is 46.2 Å². The van der Waals surface area contributed by atoms with Crippen LogP contribution in [0.2, 0.25) is 0 Å². The molecular formula is C30H24N4O5. The molecule has 9 nitrogen and oxygen atoms in total. The zero-order valence-electron chi connectivity index (χ0n) is 20.7. The van der Waals surface area contributed by atoms with Crippen molar-refractivity contribution >= 4 is 40.1 Å². The highest BCUT2D eigenvalue weighted by Crippen LogP contribution is 2.37. The van der Waals surface area contributed by atoms with Crippen molar-refractivity contribution in [1.82, 2.24) is 9.97 Å². The van der Waals surface area contributed by atoms with Crippen LogP contribution in [-0.4, -0.2) is 39.6 Å². The van der Waals surface area contributed by atoms with Gasteiger partial charge < -0.3 is 30.3 Å². The molecule has 0 radical (unpaired) electrons. The molecule has 0 saturated carbocycles. The van der Waals surface area contributed by atoms with E-state index in [0.717, 1.165) is 27.6 Å². The van der Waals surface area contributed by atoms with Gasteiger partial charge in [-0.3, -0.25) is 9.78 Å². The van der Waals surface area contributed by atoms with Crippen molar-refractivity contribution in [3.05, 3.63) is 102 Å². The standard InChI is InChI=1S/C30H24N4O5/c31-20(9-19-14-33-26-4-2-1-3-23(19)26)16-38-22-10-18(13-32-15-22)17-5-7-27-24(11-17)25(29(35)34-27)12-21-6-8-28(39-21)30(36)37/h1-8,10-15,20,33H,9,16,31H2,(H,34,35)(H,36,37)/b25-12-/t20-/m0/s1. The van der Waals surface area contributed by atoms with Gasteiger partial charge in [-0.15, -0.1) is 0 Å². The molecule has 4 heterocycles. The van der Waals surface area contributed by atoms with E-state index in [-0.39, 0.29) is 23.5 Å². The molecule has 6 rings (SSSR count). The lowest BCUT2D eigenvalue weighted by atomic mass is 10.00. The van der Waals surface area contributed by atoms with Crippen LogP contribution in [0.1, 0.15) is 27.4 Å². The Labute approximate surface area is 222 Å². The average molecular weight is 521 g/mol. The van der Waals surface area contributed by atoms with Crippen molar-refractivity contribution in [3.63, 3.8) is 0 Å². The summed E-state index contributed by atoms with van der Waals surface area (Å²) in [5.74, 6) is -0.805. The van der Waals surface area contributed by atoms with Crippen LogP contribution in [0.4, 0.5) is 5.69 Å². The molecule has 1 aliphatic rings. The van der Waals surface area contributed by atoms with Crippen molar-refractivity contribution < 1.29 is 23.8 Å². The number of H-pyrrole nitrogens is 1. The number of anilines is 1. The van der Waals surface area contributed by atoms with Gasteiger partial charge in [0.05, 0.1) is 11.8 Å². The highest BCUT2D eigenvalue weighted by molar-refractivity contribution is 6.35. The smallest absolute Gasteiger partial charge is 0.371 e. The van der Waals surface area contributed by atoms with E-state index in [1.54, 1.807) is 12.4 Å². The Morgan fingerprint density at radius 2 is 1.97 bits per heavy atom. The second-order valence-electron chi connectivity index (χ2n) is 9.32. The van der Waals surface area contributed by atoms with E-state index in [2.05, 4.69) is 21.4 Å². The Bertz CT molecular complexity index is 1750. The minimum Gasteiger partial charge on any atom is -0.490 e. The number of rotatable bonds is 8. The molecule has 0 unspecified atom stereocenters. The number of nitrogens with two attached hydrogens (primary N) is 1. The highest BCUT2D eigenvalue weighted by atomic mass is 16.5. The molecule has 5 N–H and O–H groups in total. The molecule has 3 aromatic heterocycles. The number of ether oxygens (including phenoxy) is 1. The van der Waals surface area contributed by atoms with Crippen LogP contribution in [0.25, 0.3) is 33.7 Å². The number of benzene rings is 2. The number of carbonyl (C=O) groups excluding carboxylic acids is 1. The third-order valence-electron chi connectivity index (χ3n) is 6.59. The lowest BCUT2D eigenvalue weighted by Gasteiger charge is -2.13. The number of para-hydroxylation sites is 1. The van der Waals surface area contributed by atoms with E-state index in [1.807, 2.05) is 48.7 Å². The number of nitrogens with zero attached hydrogens (tertiary/aromatic N) is 1. The predicted molar refractivity (Wildman–Crippen MR) is 147 cm³/mol. The van der Waals surface area contributed by atoms with Crippen molar-refractivity contribution in [2.24, 2.45) is 5.73 Å². The number of hydrogen-bond acceptors (Lipinski definition) is 6. The molecule has 0 spiro atoms. The summed E-state index contributed by atoms with van der Waals surface area (Å²) in [6, 6.07) is 18.2. The minimum absolute atomic E-state index is 0.196. The number of aromatic amines is 1. The zero-order chi connectivity index (χ0) is 26.9. The monoisotopic (exact) mass is 520 g/mol. The molecule has 9 heteroatoms. The van der Waals surface area contributed by atoms with E-state index < -0.39 is 5.97 Å². The van der Waals surface area contributed by atoms with Crippen LogP contribution < -0.4 is 15.8 Å². The van der Waals surface area contributed by atoms with Gasteiger partial charge in [-0.05, 0) is 60.0 Å². The summed E-state index contributed by atoms with van der Waals surface area (Å²) in [5.41, 5.74) is 12.0. The lowest BCUT2D eigenvalue weighted by Crippen LogP contribution is -2.30. The van der Waals surface area contributed by atoms with E-state index in [4.69, 9.17) is 20.0 Å². The SMILES string of the molecule is N[C@H](COc1cncc(-c2ccc3c(c2)/C(=C/c2ccc(C(=O)O)o2)C(=O)N3)c1)Cc1c[nH]c2ccccc12. The van der Waals surface area contributed by atoms with Crippen LogP contribution in [0.3, 0.4) is 0 Å². The average Bonchev–Trinajstić information content (AvgIpc) is 3.66. The summed E-state index contributed by atoms with van der Waals surface area (Å²) in [6.45, 7) is 0.321. The van der Waals surface area contributed by atoms with Crippen molar-refractivity contribution in [3.8, 4) is 16.9 Å². The van der Waals surface area contributed by atoms with Gasteiger partial charge in [-0.25, -0.2) is 4.79 Å². The first kappa shape index (κ1) is 24.2. The number of furan rings is 1. The number of aromatic nitrogens is 2. The largest absolute Gasteiger partial charge is 0.490 e. The fourth-order valence-electron chi connectivity index (χ4n) is 4.70. The Morgan fingerprint density at radius 3 is 2.82 bits per heavy atom. The molecule has 39 heavy (non-hydrogen) atoms. The van der Waals surface area contributed by atoms with Crippen molar-refractivity contribution in [2.75, 3.05) is 11.9 Å². The first-order valence-corrected chi connectivity index (χ1v) is 12.3. The highest BCUT2D eigenvalue weighted by Gasteiger charge is 2.25. The summed E-state index contributed by atoms with van der Waals surface area (Å²) in [7, 11) is 0. The van der Waals surface area contributed by atoms with Gasteiger partial charge in [-0.2, -0.15) is 0 Å². The first-order chi connectivity index (χ1) is 18.9. The third kappa shape index (κ3) is 4.90. The first-order valence-electron chi connectivity index (χ1n) is 12.3. The maximum Gasteiger partial charge on any atom is 0.371 e. The van der Waals surface area contributed by atoms with Gasteiger partial charge in [0.15, 0.2) is 0 Å². The molecule has 0 fully saturated rings. The molecule has 2 aromatic carbocycles. The Kier molecular flexibility index (Phi) is 6.18. The summed E-state index contributed by atoms with van der Waals surface area (Å²) in [6.07, 6.45) is 7.55. The molecule has 0 aliphatic carbocycles.